The van der Waals surface area contributed by atoms with Crippen LogP contribution in [-0.2, 0) is 4.79 Å². The van der Waals surface area contributed by atoms with E-state index in [-0.39, 0.29) is 11.5 Å². The molecule has 5 heteroatoms. The number of amides is 1. The van der Waals surface area contributed by atoms with Crippen molar-refractivity contribution in [1.29, 1.82) is 5.26 Å². The van der Waals surface area contributed by atoms with E-state index in [1.54, 1.807) is 0 Å². The summed E-state index contributed by atoms with van der Waals surface area (Å²) in [5, 5.41) is 14.8. The zero-order chi connectivity index (χ0) is 15.1. The first kappa shape index (κ1) is 16.5. The van der Waals surface area contributed by atoms with Crippen molar-refractivity contribution in [3.8, 4) is 6.07 Å². The summed E-state index contributed by atoms with van der Waals surface area (Å²) in [6, 6.07) is 7.83. The summed E-state index contributed by atoms with van der Waals surface area (Å²) in [6.45, 7) is 6.54. The number of hydrogen-bond donors (Lipinski definition) is 2. The fraction of sp³-hybridized carbons (Fsp3) is 0.333. The molecule has 2 N–H and O–H groups in total. The molecule has 0 bridgehead atoms. The Kier molecular flexibility index (Phi) is 6.52. The van der Waals surface area contributed by atoms with Gasteiger partial charge in [0.05, 0.1) is 0 Å². The maximum atomic E-state index is 11.8. The lowest BCUT2D eigenvalue weighted by atomic mass is 10.2. The zero-order valence-electron chi connectivity index (χ0n) is 11.8. The van der Waals surface area contributed by atoms with E-state index in [0.29, 0.717) is 12.5 Å². The summed E-state index contributed by atoms with van der Waals surface area (Å²) in [7, 11) is 0. The highest BCUT2D eigenvalue weighted by atomic mass is 127. The van der Waals surface area contributed by atoms with Crippen LogP contribution in [0.1, 0.15) is 19.4 Å². The fourth-order valence-corrected chi connectivity index (χ4v) is 2.13. The van der Waals surface area contributed by atoms with Gasteiger partial charge in [-0.25, -0.2) is 0 Å². The average molecular weight is 383 g/mol. The SMILES string of the molecule is Cc1cc(I)ccc1N/C=C(/C#N)C(=O)NCC(C)C. The Hall–Kier alpha value is -1.55. The molecule has 0 saturated carbocycles. The molecule has 0 unspecified atom stereocenters. The molecule has 106 valence electrons. The molecule has 1 aromatic rings. The second-order valence-electron chi connectivity index (χ2n) is 4.88. The number of aryl methyl sites for hydroxylation is 1. The molecule has 0 atom stereocenters. The van der Waals surface area contributed by atoms with Crippen LogP contribution in [0.3, 0.4) is 0 Å². The van der Waals surface area contributed by atoms with E-state index in [4.69, 9.17) is 5.26 Å². The number of benzene rings is 1. The van der Waals surface area contributed by atoms with Gasteiger partial charge < -0.3 is 10.6 Å². The van der Waals surface area contributed by atoms with Crippen molar-refractivity contribution in [3.05, 3.63) is 39.1 Å². The number of nitrogens with zero attached hydrogens (tertiary/aromatic N) is 1. The smallest absolute Gasteiger partial charge is 0.263 e. The van der Waals surface area contributed by atoms with Gasteiger partial charge in [0.1, 0.15) is 11.6 Å². The van der Waals surface area contributed by atoms with E-state index < -0.39 is 0 Å². The van der Waals surface area contributed by atoms with Crippen LogP contribution in [0.15, 0.2) is 30.0 Å². The van der Waals surface area contributed by atoms with Gasteiger partial charge in [0.25, 0.3) is 5.91 Å². The van der Waals surface area contributed by atoms with Crippen LogP contribution >= 0.6 is 22.6 Å². The molecule has 0 aliphatic heterocycles. The van der Waals surface area contributed by atoms with Crippen molar-refractivity contribution in [2.45, 2.75) is 20.8 Å². The van der Waals surface area contributed by atoms with E-state index in [0.717, 1.165) is 14.8 Å². The molecule has 0 fully saturated rings. The molecule has 0 heterocycles. The van der Waals surface area contributed by atoms with Crippen molar-refractivity contribution < 1.29 is 4.79 Å². The van der Waals surface area contributed by atoms with E-state index in [1.165, 1.54) is 6.20 Å². The van der Waals surface area contributed by atoms with Gasteiger partial charge >= 0.3 is 0 Å². The molecule has 0 aliphatic carbocycles. The highest BCUT2D eigenvalue weighted by molar-refractivity contribution is 14.1. The summed E-state index contributed by atoms with van der Waals surface area (Å²) < 4.78 is 1.14. The van der Waals surface area contributed by atoms with Crippen molar-refractivity contribution in [2.24, 2.45) is 5.92 Å². The third kappa shape index (κ3) is 5.21. The van der Waals surface area contributed by atoms with Crippen LogP contribution in [-0.4, -0.2) is 12.5 Å². The first-order chi connectivity index (χ1) is 9.43. The lowest BCUT2D eigenvalue weighted by Gasteiger charge is -2.08. The largest absolute Gasteiger partial charge is 0.360 e. The number of halogens is 1. The van der Waals surface area contributed by atoms with Gasteiger partial charge in [0.2, 0.25) is 0 Å². The molecule has 1 amide bonds. The number of carbonyl (C=O) groups is 1. The van der Waals surface area contributed by atoms with E-state index >= 15 is 0 Å². The first-order valence-electron chi connectivity index (χ1n) is 6.35. The number of anilines is 1. The Morgan fingerprint density at radius 1 is 1.50 bits per heavy atom. The molecule has 4 nitrogen and oxygen atoms in total. The van der Waals surface area contributed by atoms with Gasteiger partial charge in [-0.05, 0) is 59.2 Å². The van der Waals surface area contributed by atoms with Gasteiger partial charge in [-0.3, -0.25) is 4.79 Å². The second-order valence-corrected chi connectivity index (χ2v) is 6.12. The maximum Gasteiger partial charge on any atom is 0.263 e. The number of nitrogens with one attached hydrogen (secondary N) is 2. The predicted molar refractivity (Wildman–Crippen MR) is 89.1 cm³/mol. The Balaban J connectivity index is 2.75. The summed E-state index contributed by atoms with van der Waals surface area (Å²) in [6.07, 6.45) is 1.45. The van der Waals surface area contributed by atoms with Gasteiger partial charge in [0.15, 0.2) is 0 Å². The molecular weight excluding hydrogens is 365 g/mol. The molecule has 1 rings (SSSR count). The lowest BCUT2D eigenvalue weighted by Crippen LogP contribution is -2.28. The molecule has 0 spiro atoms. The van der Waals surface area contributed by atoms with Crippen LogP contribution in [0.4, 0.5) is 5.69 Å². The Morgan fingerprint density at radius 3 is 2.75 bits per heavy atom. The summed E-state index contributed by atoms with van der Waals surface area (Å²) in [5.41, 5.74) is 2.02. The van der Waals surface area contributed by atoms with Crippen molar-refractivity contribution in [1.82, 2.24) is 5.32 Å². The molecule has 20 heavy (non-hydrogen) atoms. The predicted octanol–water partition coefficient (Wildman–Crippen LogP) is 3.19. The second kappa shape index (κ2) is 7.90. The third-order valence-corrected chi connectivity index (χ3v) is 3.27. The minimum absolute atomic E-state index is 0.0728. The lowest BCUT2D eigenvalue weighted by molar-refractivity contribution is -0.117. The summed E-state index contributed by atoms with van der Waals surface area (Å²) in [5.74, 6) is 0.00200. The highest BCUT2D eigenvalue weighted by Crippen LogP contribution is 2.17. The molecule has 0 saturated heterocycles. The van der Waals surface area contributed by atoms with Crippen molar-refractivity contribution in [2.75, 3.05) is 11.9 Å². The van der Waals surface area contributed by atoms with Crippen LogP contribution < -0.4 is 10.6 Å². The standard InChI is InChI=1S/C15H18IN3O/c1-10(2)8-19-15(20)12(7-17)9-18-14-5-4-13(16)6-11(14)3/h4-6,9-10,18H,8H2,1-3H3,(H,19,20)/b12-9-. The number of carbonyl (C=O) groups excluding carboxylic acids is 1. The normalized spacial score (nSPS) is 11.1. The van der Waals surface area contributed by atoms with Crippen LogP contribution in [0.25, 0.3) is 0 Å². The van der Waals surface area contributed by atoms with E-state index in [2.05, 4.69) is 33.2 Å². The van der Waals surface area contributed by atoms with Gasteiger partial charge in [-0.15, -0.1) is 0 Å². The topological polar surface area (TPSA) is 64.9 Å². The van der Waals surface area contributed by atoms with Gasteiger partial charge in [-0.1, -0.05) is 13.8 Å². The monoisotopic (exact) mass is 383 g/mol. The first-order valence-corrected chi connectivity index (χ1v) is 7.43. The number of nitriles is 1. The minimum Gasteiger partial charge on any atom is -0.360 e. The van der Waals surface area contributed by atoms with Gasteiger partial charge in [-0.2, -0.15) is 5.26 Å². The van der Waals surface area contributed by atoms with E-state index in [1.807, 2.05) is 45.0 Å². The Bertz CT molecular complexity index is 559. The zero-order valence-corrected chi connectivity index (χ0v) is 14.0. The minimum atomic E-state index is -0.350. The number of hydrogen-bond acceptors (Lipinski definition) is 3. The third-order valence-electron chi connectivity index (χ3n) is 2.60. The Labute approximate surface area is 133 Å². The number of rotatable bonds is 5. The average Bonchev–Trinajstić information content (AvgIpc) is 2.39. The fourth-order valence-electron chi connectivity index (χ4n) is 1.48. The van der Waals surface area contributed by atoms with Crippen molar-refractivity contribution >= 4 is 34.2 Å². The Morgan fingerprint density at radius 2 is 2.20 bits per heavy atom. The molecule has 0 aliphatic rings. The van der Waals surface area contributed by atoms with E-state index in [9.17, 15) is 4.79 Å². The van der Waals surface area contributed by atoms with Crippen LogP contribution in [0, 0.1) is 27.7 Å². The van der Waals surface area contributed by atoms with Crippen LogP contribution in [0.5, 0.6) is 0 Å². The molecule has 0 aromatic heterocycles. The van der Waals surface area contributed by atoms with Crippen molar-refractivity contribution in [3.63, 3.8) is 0 Å². The molecule has 1 aromatic carbocycles. The van der Waals surface area contributed by atoms with Gasteiger partial charge in [0, 0.05) is 22.0 Å². The summed E-state index contributed by atoms with van der Waals surface area (Å²) >= 11 is 2.24. The van der Waals surface area contributed by atoms with Crippen LogP contribution in [0.2, 0.25) is 0 Å². The molecular formula is C15H18IN3O. The highest BCUT2D eigenvalue weighted by Gasteiger charge is 2.09. The maximum absolute atomic E-state index is 11.8. The molecule has 0 radical (unpaired) electrons. The summed E-state index contributed by atoms with van der Waals surface area (Å²) in [4.78, 5) is 11.8. The quantitative estimate of drug-likeness (QED) is 0.466.